The number of carbonyl (C=O) groups excluding carboxylic acids is 2. The van der Waals surface area contributed by atoms with Crippen LogP contribution in [0.5, 0.6) is 0 Å². The molecule has 64 heavy (non-hydrogen) atoms. The van der Waals surface area contributed by atoms with Crippen LogP contribution in [0.15, 0.2) is 109 Å². The van der Waals surface area contributed by atoms with Crippen molar-refractivity contribution in [2.45, 2.75) is 148 Å². The maximum atomic E-state index is 12.7. The van der Waals surface area contributed by atoms with E-state index < -0.39 is 66.2 Å². The summed E-state index contributed by atoms with van der Waals surface area (Å²) in [4.78, 5) is 52.7. The second-order valence-electron chi connectivity index (χ2n) is 14.7. The molecule has 5 N–H and O–H groups in total. The van der Waals surface area contributed by atoms with E-state index in [0.717, 1.165) is 70.6 Å². The molecular weight excluding hydrogens is 862 g/mol. The molecule has 0 aromatic rings. The van der Waals surface area contributed by atoms with E-state index in [1.54, 1.807) is 0 Å². The molecule has 1 unspecified atom stereocenters. The van der Waals surface area contributed by atoms with Gasteiger partial charge in [-0.25, -0.2) is 9.13 Å². The molecule has 0 rings (SSSR count). The van der Waals surface area contributed by atoms with Crippen molar-refractivity contribution in [3.05, 3.63) is 109 Å². The molecule has 16 heteroatoms. The molecule has 0 bridgehead atoms. The first-order valence-electron chi connectivity index (χ1n) is 22.7. The summed E-state index contributed by atoms with van der Waals surface area (Å²) in [7, 11) is -9.74. The summed E-state index contributed by atoms with van der Waals surface area (Å²) in [6.45, 7) is -0.432. The molecule has 0 aliphatic carbocycles. The maximum absolute atomic E-state index is 12.7. The molecule has 0 aromatic heterocycles. The molecule has 0 aliphatic rings. The smallest absolute Gasteiger partial charge is 0.462 e. The van der Waals surface area contributed by atoms with Crippen LogP contribution in [-0.2, 0) is 41.8 Å². The van der Waals surface area contributed by atoms with Crippen molar-refractivity contribution in [3.63, 3.8) is 0 Å². The van der Waals surface area contributed by atoms with Crippen LogP contribution in [0, 0.1) is 0 Å². The molecule has 364 valence electrons. The highest BCUT2D eigenvalue weighted by Crippen LogP contribution is 2.43. The van der Waals surface area contributed by atoms with Gasteiger partial charge in [0, 0.05) is 19.4 Å². The lowest BCUT2D eigenvalue weighted by Crippen LogP contribution is -2.29. The number of phosphoric acid groups is 2. The number of ether oxygens (including phenoxy) is 2. The maximum Gasteiger partial charge on any atom is 0.472 e. The first kappa shape index (κ1) is 60.7. The lowest BCUT2D eigenvalue weighted by molar-refractivity contribution is -0.161. The van der Waals surface area contributed by atoms with Crippen LogP contribution in [0.25, 0.3) is 0 Å². The van der Waals surface area contributed by atoms with Crippen molar-refractivity contribution in [1.29, 1.82) is 0 Å². The standard InChI is InChI=1S/C48H78O14P2/c1-2-3-4-5-6-7-8-9-10-11-12-14-17-20-23-26-29-32-35-38-47(51)58-43-46(44-61-64(56,57)60-42-45(50)41-59-63(53,54)55)62-48(52)39-36-33-30-27-24-21-18-15-13-16-19-22-25-28-31-34-37-40-49/h6-7,9-10,12-14,16,18,20-23,25,27,29-30,32,45-46,49-50H,2-5,8,11,15,17,19,24,26,28,31,33-44H2,1H3,(H,56,57)(H2,53,54,55)/b7-6-,10-9-,14-12-,16-13-,21-18-,23-20-,25-22-,30-27-,32-29-/t45-,46+/m0/s1. The van der Waals surface area contributed by atoms with E-state index >= 15 is 0 Å². The number of rotatable bonds is 42. The Labute approximate surface area is 383 Å². The Morgan fingerprint density at radius 2 is 0.906 bits per heavy atom. The van der Waals surface area contributed by atoms with Gasteiger partial charge in [-0.15, -0.1) is 0 Å². The third kappa shape index (κ3) is 46.7. The molecule has 0 radical (unpaired) electrons. The Kier molecular flexibility index (Phi) is 41.4. The molecule has 0 aliphatic heterocycles. The average Bonchev–Trinajstić information content (AvgIpc) is 3.26. The third-order valence-electron chi connectivity index (χ3n) is 8.69. The van der Waals surface area contributed by atoms with Crippen LogP contribution in [0.4, 0.5) is 0 Å². The van der Waals surface area contributed by atoms with E-state index in [1.165, 1.54) is 19.3 Å². The normalized spacial score (nSPS) is 14.9. The lowest BCUT2D eigenvalue weighted by atomic mass is 10.2. The van der Waals surface area contributed by atoms with Crippen molar-refractivity contribution in [3.8, 4) is 0 Å². The highest BCUT2D eigenvalue weighted by atomic mass is 31.2. The van der Waals surface area contributed by atoms with Gasteiger partial charge in [0.2, 0.25) is 0 Å². The topological polar surface area (TPSA) is 216 Å². The largest absolute Gasteiger partial charge is 0.472 e. The Bertz CT molecular complexity index is 1540. The molecule has 3 atom stereocenters. The van der Waals surface area contributed by atoms with Crippen LogP contribution in [0.1, 0.15) is 135 Å². The summed E-state index contributed by atoms with van der Waals surface area (Å²) >= 11 is 0. The van der Waals surface area contributed by atoms with Crippen molar-refractivity contribution < 1.29 is 66.7 Å². The van der Waals surface area contributed by atoms with Crippen LogP contribution in [-0.4, -0.2) is 82.1 Å². The zero-order chi connectivity index (χ0) is 47.3. The monoisotopic (exact) mass is 940 g/mol. The van der Waals surface area contributed by atoms with Gasteiger partial charge in [-0.05, 0) is 96.3 Å². The summed E-state index contributed by atoms with van der Waals surface area (Å²) in [5, 5.41) is 18.6. The number of hydrogen-bond acceptors (Lipinski definition) is 11. The lowest BCUT2D eigenvalue weighted by Gasteiger charge is -2.20. The first-order chi connectivity index (χ1) is 30.9. The molecule has 0 spiro atoms. The van der Waals surface area contributed by atoms with E-state index in [1.807, 2.05) is 30.4 Å². The van der Waals surface area contributed by atoms with Gasteiger partial charge in [0.25, 0.3) is 0 Å². The van der Waals surface area contributed by atoms with Crippen molar-refractivity contribution in [2.75, 3.05) is 33.0 Å². The first-order valence-corrected chi connectivity index (χ1v) is 25.7. The summed E-state index contributed by atoms with van der Waals surface area (Å²) in [6.07, 6.45) is 51.1. The molecule has 14 nitrogen and oxygen atoms in total. The van der Waals surface area contributed by atoms with Crippen molar-refractivity contribution >= 4 is 27.6 Å². The van der Waals surface area contributed by atoms with Gasteiger partial charge >= 0.3 is 27.6 Å². The zero-order valence-electron chi connectivity index (χ0n) is 38.0. The van der Waals surface area contributed by atoms with Gasteiger partial charge < -0.3 is 34.4 Å². The van der Waals surface area contributed by atoms with E-state index in [0.29, 0.717) is 25.7 Å². The molecule has 0 amide bonds. The number of hydrogen-bond donors (Lipinski definition) is 5. The quantitative estimate of drug-likeness (QED) is 0.0167. The molecule has 0 heterocycles. The molecular formula is C48H78O14P2. The predicted octanol–water partition coefficient (Wildman–Crippen LogP) is 10.9. The Morgan fingerprint density at radius 1 is 0.484 bits per heavy atom. The summed E-state index contributed by atoms with van der Waals surface area (Å²) < 4.78 is 47.6. The number of esters is 2. The number of carbonyl (C=O) groups is 2. The fourth-order valence-corrected chi connectivity index (χ4v) is 6.40. The number of aliphatic hydroxyl groups excluding tert-OH is 2. The van der Waals surface area contributed by atoms with Gasteiger partial charge in [-0.3, -0.25) is 23.2 Å². The van der Waals surface area contributed by atoms with E-state index in [4.69, 9.17) is 28.9 Å². The number of aliphatic hydroxyl groups is 2. The van der Waals surface area contributed by atoms with Gasteiger partial charge in [0.05, 0.1) is 19.8 Å². The van der Waals surface area contributed by atoms with Gasteiger partial charge in [-0.2, -0.15) is 0 Å². The minimum absolute atomic E-state index is 0.0236. The van der Waals surface area contributed by atoms with E-state index in [2.05, 4.69) is 95.0 Å². The Morgan fingerprint density at radius 3 is 1.38 bits per heavy atom. The van der Waals surface area contributed by atoms with Crippen LogP contribution in [0.3, 0.4) is 0 Å². The van der Waals surface area contributed by atoms with Gasteiger partial charge in [-0.1, -0.05) is 136 Å². The van der Waals surface area contributed by atoms with E-state index in [-0.39, 0.29) is 19.4 Å². The van der Waals surface area contributed by atoms with Crippen LogP contribution < -0.4 is 0 Å². The van der Waals surface area contributed by atoms with Crippen molar-refractivity contribution in [2.24, 2.45) is 0 Å². The second kappa shape index (κ2) is 43.6. The van der Waals surface area contributed by atoms with Crippen LogP contribution in [0.2, 0.25) is 0 Å². The fourth-order valence-electron chi connectivity index (χ4n) is 5.24. The third-order valence-corrected chi connectivity index (χ3v) is 10.1. The summed E-state index contributed by atoms with van der Waals surface area (Å²) in [5.74, 6) is -1.22. The molecule has 0 saturated carbocycles. The number of unbranched alkanes of at least 4 members (excludes halogenated alkanes) is 7. The van der Waals surface area contributed by atoms with Gasteiger partial charge in [0.15, 0.2) is 6.10 Å². The van der Waals surface area contributed by atoms with E-state index in [9.17, 15) is 28.7 Å². The minimum atomic E-state index is -4.89. The second-order valence-corrected chi connectivity index (χ2v) is 17.4. The molecule has 0 aromatic carbocycles. The number of phosphoric ester groups is 2. The van der Waals surface area contributed by atoms with Crippen molar-refractivity contribution in [1.82, 2.24) is 0 Å². The summed E-state index contributed by atoms with van der Waals surface area (Å²) in [5.41, 5.74) is 0. The molecule has 0 saturated heterocycles. The van der Waals surface area contributed by atoms with Crippen LogP contribution >= 0.6 is 15.6 Å². The minimum Gasteiger partial charge on any atom is -0.462 e. The highest BCUT2D eigenvalue weighted by Gasteiger charge is 2.28. The zero-order valence-corrected chi connectivity index (χ0v) is 39.8. The Hall–Kier alpha value is -3.26. The highest BCUT2D eigenvalue weighted by molar-refractivity contribution is 7.47. The van der Waals surface area contributed by atoms with Gasteiger partial charge in [0.1, 0.15) is 12.7 Å². The molecule has 0 fully saturated rings. The SMILES string of the molecule is CCCCC/C=C\C/C=C\C/C=C\C/C=C\C/C=C\CCC(=O)OC[C@H](COP(=O)(O)OC[C@@H](O)COP(=O)(O)O)OC(=O)CCC/C=C\C/C=C\C/C=C\C/C=C\CCCCCO. The predicted molar refractivity (Wildman–Crippen MR) is 254 cm³/mol. The summed E-state index contributed by atoms with van der Waals surface area (Å²) in [6, 6.07) is 0. The Balaban J connectivity index is 4.72. The fraction of sp³-hybridized carbons (Fsp3) is 0.583. The average molecular weight is 941 g/mol. The number of allylic oxidation sites excluding steroid dienone is 18.